The summed E-state index contributed by atoms with van der Waals surface area (Å²) in [5.74, 6) is -0.509. The van der Waals surface area contributed by atoms with E-state index in [9.17, 15) is 36.7 Å². The molecule has 0 aliphatic carbocycles. The second-order valence-corrected chi connectivity index (χ2v) is 7.64. The van der Waals surface area contributed by atoms with E-state index in [2.05, 4.69) is 0 Å². The first-order chi connectivity index (χ1) is 11.9. The minimum absolute atomic E-state index is 0.509. The Morgan fingerprint density at radius 3 is 2.04 bits per heavy atom. The van der Waals surface area contributed by atoms with E-state index in [-0.39, 0.29) is 0 Å². The summed E-state index contributed by atoms with van der Waals surface area (Å²) in [5, 5.41) is 18.4. The molecule has 0 saturated heterocycles. The summed E-state index contributed by atoms with van der Waals surface area (Å²) < 4.78 is 64.4. The Labute approximate surface area is 146 Å². The molecule has 0 aliphatic rings. The molecule has 13 heteroatoms. The number of benzene rings is 1. The zero-order valence-electron chi connectivity index (χ0n) is 12.5. The number of H-pyrrole nitrogens is 1. The molecule has 0 fully saturated rings. The number of nitrogens with one attached hydrogen (secondary N) is 1. The summed E-state index contributed by atoms with van der Waals surface area (Å²) in [4.78, 5) is 12.2. The van der Waals surface area contributed by atoms with E-state index in [1.165, 1.54) is 6.07 Å². The van der Waals surface area contributed by atoms with Crippen molar-refractivity contribution in [1.82, 2.24) is 4.98 Å². The van der Waals surface area contributed by atoms with E-state index >= 15 is 0 Å². The fourth-order valence-corrected chi connectivity index (χ4v) is 3.39. The van der Waals surface area contributed by atoms with Crippen LogP contribution in [0, 0.1) is 22.7 Å². The van der Waals surface area contributed by atoms with Gasteiger partial charge >= 0.3 is 0 Å². The lowest BCUT2D eigenvalue weighted by molar-refractivity contribution is 0.479. The number of aromatic nitrogens is 1. The van der Waals surface area contributed by atoms with Gasteiger partial charge in [0.15, 0.2) is 0 Å². The average molecular weight is 396 g/mol. The zero-order chi connectivity index (χ0) is 19.9. The Morgan fingerprint density at radius 1 is 1.00 bits per heavy atom. The first-order valence-electron chi connectivity index (χ1n) is 6.37. The summed E-state index contributed by atoms with van der Waals surface area (Å²) >= 11 is 0. The number of pyridine rings is 1. The first-order valence-corrected chi connectivity index (χ1v) is 9.25. The van der Waals surface area contributed by atoms with Gasteiger partial charge in [-0.15, -0.1) is 0 Å². The second kappa shape index (κ2) is 6.25. The van der Waals surface area contributed by atoms with Crippen molar-refractivity contribution >= 4 is 26.1 Å². The first kappa shape index (κ1) is 19.1. The Morgan fingerprint density at radius 2 is 1.58 bits per heavy atom. The molecule has 134 valence electrons. The molecule has 0 unspecified atom stereocenters. The number of nitriles is 2. The molecule has 1 aromatic heterocycles. The molecule has 0 saturated carbocycles. The van der Waals surface area contributed by atoms with Gasteiger partial charge in [-0.05, 0) is 18.2 Å². The highest BCUT2D eigenvalue weighted by molar-refractivity contribution is 7.86. The van der Waals surface area contributed by atoms with E-state index in [1.54, 1.807) is 6.07 Å². The molecule has 0 bridgehead atoms. The summed E-state index contributed by atoms with van der Waals surface area (Å²) in [6.07, 6.45) is 0. The van der Waals surface area contributed by atoms with Crippen molar-refractivity contribution in [3.63, 3.8) is 0 Å². The predicted octanol–water partition coefficient (Wildman–Crippen LogP) is -0.139. The van der Waals surface area contributed by atoms with Crippen molar-refractivity contribution in [2.45, 2.75) is 9.79 Å². The monoisotopic (exact) mass is 396 g/mol. The fraction of sp³-hybridized carbons (Fsp3) is 0. The summed E-state index contributed by atoms with van der Waals surface area (Å²) in [5.41, 5.74) is 1.89. The van der Waals surface area contributed by atoms with Crippen molar-refractivity contribution < 1.29 is 25.9 Å². The number of anilines is 1. The normalized spacial score (nSPS) is 11.5. The molecule has 26 heavy (non-hydrogen) atoms. The second-order valence-electron chi connectivity index (χ2n) is 4.82. The molecule has 11 nitrogen and oxygen atoms in total. The number of nitrogen functional groups attached to an aromatic ring is 1. The molecule has 0 aliphatic heterocycles. The van der Waals surface area contributed by atoms with E-state index in [4.69, 9.17) is 10.3 Å². The van der Waals surface area contributed by atoms with Crippen LogP contribution in [-0.4, -0.2) is 30.9 Å². The van der Waals surface area contributed by atoms with Gasteiger partial charge in [-0.3, -0.25) is 13.9 Å². The van der Waals surface area contributed by atoms with Crippen molar-refractivity contribution in [3.8, 4) is 23.3 Å². The van der Waals surface area contributed by atoms with Gasteiger partial charge in [-0.25, -0.2) is 0 Å². The standard InChI is InChI=1S/C13H8N4O7S2/c14-4-8-11(9(5-15)13(18)17-12(8)16)7-3-6(25(19,20)21)1-2-10(7)26(22,23)24/h1-3H,(H3,16,17,18)(H,19,20,21)(H,22,23,24). The van der Waals surface area contributed by atoms with Crippen LogP contribution in [0.1, 0.15) is 11.1 Å². The number of aromatic amines is 1. The lowest BCUT2D eigenvalue weighted by atomic mass is 9.96. The van der Waals surface area contributed by atoms with Crippen LogP contribution in [0.5, 0.6) is 0 Å². The maximum atomic E-state index is 11.9. The molecule has 0 amide bonds. The quantitative estimate of drug-likeness (QED) is 0.503. The van der Waals surface area contributed by atoms with Gasteiger partial charge in [0.25, 0.3) is 25.8 Å². The molecule has 5 N–H and O–H groups in total. The fourth-order valence-electron chi connectivity index (χ4n) is 2.20. The summed E-state index contributed by atoms with van der Waals surface area (Å²) in [7, 11) is -9.78. The van der Waals surface area contributed by atoms with E-state index in [0.29, 0.717) is 18.2 Å². The third-order valence-electron chi connectivity index (χ3n) is 3.26. The molecular formula is C13H8N4O7S2. The molecule has 1 aromatic carbocycles. The maximum Gasteiger partial charge on any atom is 0.295 e. The van der Waals surface area contributed by atoms with E-state index in [0.717, 1.165) is 0 Å². The molecule has 2 aromatic rings. The van der Waals surface area contributed by atoms with Gasteiger partial charge in [0, 0.05) is 11.1 Å². The van der Waals surface area contributed by atoms with Gasteiger partial charge < -0.3 is 10.7 Å². The van der Waals surface area contributed by atoms with Crippen LogP contribution < -0.4 is 11.3 Å². The maximum absolute atomic E-state index is 11.9. The van der Waals surface area contributed by atoms with Crippen LogP contribution in [-0.2, 0) is 20.2 Å². The lowest BCUT2D eigenvalue weighted by Gasteiger charge is -2.13. The van der Waals surface area contributed by atoms with Gasteiger partial charge in [0.05, 0.1) is 4.90 Å². The van der Waals surface area contributed by atoms with Crippen molar-refractivity contribution in [2.24, 2.45) is 0 Å². The Hall–Kier alpha value is -3.23. The largest absolute Gasteiger partial charge is 0.384 e. The zero-order valence-corrected chi connectivity index (χ0v) is 14.1. The third kappa shape index (κ3) is 3.28. The van der Waals surface area contributed by atoms with Gasteiger partial charge in [-0.2, -0.15) is 27.4 Å². The van der Waals surface area contributed by atoms with Crippen LogP contribution in [0.15, 0.2) is 32.8 Å². The minimum Gasteiger partial charge on any atom is -0.384 e. The highest BCUT2D eigenvalue weighted by Gasteiger charge is 2.26. The molecule has 0 radical (unpaired) electrons. The average Bonchev–Trinajstić information content (AvgIpc) is 2.52. The Bertz CT molecular complexity index is 1280. The Balaban J connectivity index is 3.18. The van der Waals surface area contributed by atoms with Crippen LogP contribution in [0.2, 0.25) is 0 Å². The van der Waals surface area contributed by atoms with Crippen molar-refractivity contribution in [2.75, 3.05) is 5.73 Å². The molecule has 2 rings (SSSR count). The molecule has 1 heterocycles. The van der Waals surface area contributed by atoms with Crippen LogP contribution >= 0.6 is 0 Å². The van der Waals surface area contributed by atoms with Crippen LogP contribution in [0.3, 0.4) is 0 Å². The molecule has 0 spiro atoms. The summed E-state index contributed by atoms with van der Waals surface area (Å²) in [6.45, 7) is 0. The SMILES string of the molecule is N#Cc1c(N)[nH]c(=O)c(C#N)c1-c1cc(S(=O)(=O)O)ccc1S(=O)(=O)O. The van der Waals surface area contributed by atoms with Gasteiger partial charge in [-0.1, -0.05) is 0 Å². The number of nitrogens with zero attached hydrogens (tertiary/aromatic N) is 2. The topological polar surface area (TPSA) is 215 Å². The van der Waals surface area contributed by atoms with E-state index < -0.39 is 63.7 Å². The number of hydrogen-bond acceptors (Lipinski definition) is 8. The highest BCUT2D eigenvalue weighted by Crippen LogP contribution is 2.34. The number of hydrogen-bond donors (Lipinski definition) is 4. The van der Waals surface area contributed by atoms with Gasteiger partial charge in [0.1, 0.15) is 34.0 Å². The lowest BCUT2D eigenvalue weighted by Crippen LogP contribution is -2.17. The highest BCUT2D eigenvalue weighted by atomic mass is 32.2. The molecule has 0 atom stereocenters. The third-order valence-corrected chi connectivity index (χ3v) is 5.03. The minimum atomic E-state index is -4.97. The van der Waals surface area contributed by atoms with Crippen LogP contribution in [0.25, 0.3) is 11.1 Å². The number of nitrogens with two attached hydrogens (primary N) is 1. The summed E-state index contributed by atoms with van der Waals surface area (Å²) in [6, 6.07) is 4.93. The smallest absolute Gasteiger partial charge is 0.295 e. The van der Waals surface area contributed by atoms with Crippen LogP contribution in [0.4, 0.5) is 5.82 Å². The van der Waals surface area contributed by atoms with Crippen molar-refractivity contribution in [3.05, 3.63) is 39.7 Å². The Kier molecular flexibility index (Phi) is 4.59. The molecular weight excluding hydrogens is 388 g/mol. The predicted molar refractivity (Wildman–Crippen MR) is 86.0 cm³/mol. The number of rotatable bonds is 3. The van der Waals surface area contributed by atoms with E-state index in [1.807, 2.05) is 4.98 Å². The van der Waals surface area contributed by atoms with Gasteiger partial charge in [0.2, 0.25) is 0 Å². The van der Waals surface area contributed by atoms with Crippen molar-refractivity contribution in [1.29, 1.82) is 10.5 Å².